The molecule has 13 heavy (non-hydrogen) atoms. The average Bonchev–Trinajstić information content (AvgIpc) is 2.00. The van der Waals surface area contributed by atoms with Gasteiger partial charge in [-0.1, -0.05) is 0 Å². The number of nitrogens with one attached hydrogen (secondary N) is 1. The van der Waals surface area contributed by atoms with E-state index in [4.69, 9.17) is 0 Å². The van der Waals surface area contributed by atoms with Gasteiger partial charge in [0.2, 0.25) is 0 Å². The minimum absolute atomic E-state index is 0.133. The van der Waals surface area contributed by atoms with Crippen LogP contribution >= 0.6 is 0 Å². The molecule has 0 amide bonds. The van der Waals surface area contributed by atoms with Gasteiger partial charge in [-0.3, -0.25) is 9.69 Å². The maximum absolute atomic E-state index is 11.0. The van der Waals surface area contributed by atoms with E-state index in [2.05, 4.69) is 28.9 Å². The zero-order chi connectivity index (χ0) is 9.84. The third kappa shape index (κ3) is 2.67. The summed E-state index contributed by atoms with van der Waals surface area (Å²) < 4.78 is 4.62. The summed E-state index contributed by atoms with van der Waals surface area (Å²) in [5.41, 5.74) is 0. The molecule has 4 heteroatoms. The predicted molar refractivity (Wildman–Crippen MR) is 50.5 cm³/mol. The first kappa shape index (κ1) is 10.5. The highest BCUT2D eigenvalue weighted by atomic mass is 16.5. The van der Waals surface area contributed by atoms with Gasteiger partial charge in [0.1, 0.15) is 0 Å². The van der Waals surface area contributed by atoms with E-state index in [1.165, 1.54) is 7.11 Å². The minimum atomic E-state index is -0.133. The second kappa shape index (κ2) is 4.58. The summed E-state index contributed by atoms with van der Waals surface area (Å²) in [5, 5.41) is 3.21. The highest BCUT2D eigenvalue weighted by Gasteiger charge is 2.26. The highest BCUT2D eigenvalue weighted by molar-refractivity contribution is 5.69. The summed E-state index contributed by atoms with van der Waals surface area (Å²) in [6, 6.07) is 0.846. The third-order valence-corrected chi connectivity index (χ3v) is 2.72. The van der Waals surface area contributed by atoms with Crippen LogP contribution in [-0.2, 0) is 9.53 Å². The molecule has 1 aliphatic rings. The van der Waals surface area contributed by atoms with Crippen LogP contribution in [0.15, 0.2) is 0 Å². The quantitative estimate of drug-likeness (QED) is 0.620. The van der Waals surface area contributed by atoms with Crippen molar-refractivity contribution in [3.05, 3.63) is 0 Å². The van der Waals surface area contributed by atoms with Crippen LogP contribution in [0.1, 0.15) is 13.3 Å². The fourth-order valence-electron chi connectivity index (χ4n) is 1.39. The first-order valence-electron chi connectivity index (χ1n) is 4.64. The summed E-state index contributed by atoms with van der Waals surface area (Å²) in [6.07, 6.45) is 0.476. The number of methoxy groups -OCH3 is 1. The van der Waals surface area contributed by atoms with Gasteiger partial charge in [-0.05, 0) is 14.0 Å². The Labute approximate surface area is 79.2 Å². The molecule has 1 N–H and O–H groups in total. The second-order valence-electron chi connectivity index (χ2n) is 3.61. The van der Waals surface area contributed by atoms with Crippen LogP contribution in [-0.4, -0.2) is 50.2 Å². The molecule has 0 radical (unpaired) electrons. The van der Waals surface area contributed by atoms with Crippen molar-refractivity contribution in [1.82, 2.24) is 10.2 Å². The maximum Gasteiger partial charge on any atom is 0.307 e. The lowest BCUT2D eigenvalue weighted by Crippen LogP contribution is -2.58. The van der Waals surface area contributed by atoms with Gasteiger partial charge in [0, 0.05) is 25.2 Å². The number of rotatable bonds is 4. The van der Waals surface area contributed by atoms with Crippen molar-refractivity contribution in [3.63, 3.8) is 0 Å². The van der Waals surface area contributed by atoms with Gasteiger partial charge in [-0.15, -0.1) is 0 Å². The van der Waals surface area contributed by atoms with E-state index < -0.39 is 0 Å². The average molecular weight is 186 g/mol. The maximum atomic E-state index is 11.0. The number of hydrogen-bond acceptors (Lipinski definition) is 4. The van der Waals surface area contributed by atoms with Gasteiger partial charge in [-0.25, -0.2) is 0 Å². The summed E-state index contributed by atoms with van der Waals surface area (Å²) in [5.74, 6) is -0.133. The highest BCUT2D eigenvalue weighted by Crippen LogP contribution is 2.09. The first-order chi connectivity index (χ1) is 6.15. The Kier molecular flexibility index (Phi) is 3.69. The van der Waals surface area contributed by atoms with Crippen molar-refractivity contribution < 1.29 is 9.53 Å². The van der Waals surface area contributed by atoms with E-state index in [1.54, 1.807) is 0 Å². The summed E-state index contributed by atoms with van der Waals surface area (Å²) in [6.45, 7) is 4.11. The number of nitrogens with zero attached hydrogens (tertiary/aromatic N) is 1. The van der Waals surface area contributed by atoms with Gasteiger partial charge in [-0.2, -0.15) is 0 Å². The van der Waals surface area contributed by atoms with Crippen molar-refractivity contribution in [1.29, 1.82) is 0 Å². The molecule has 1 atom stereocenters. The lowest BCUT2D eigenvalue weighted by molar-refractivity contribution is -0.142. The van der Waals surface area contributed by atoms with Crippen molar-refractivity contribution in [2.24, 2.45) is 0 Å². The number of ether oxygens (including phenoxy) is 1. The van der Waals surface area contributed by atoms with E-state index >= 15 is 0 Å². The van der Waals surface area contributed by atoms with Crippen LogP contribution < -0.4 is 5.32 Å². The molecule has 76 valence electrons. The van der Waals surface area contributed by atoms with E-state index in [0.29, 0.717) is 12.5 Å². The molecule has 1 fully saturated rings. The van der Waals surface area contributed by atoms with Gasteiger partial charge in [0.05, 0.1) is 13.5 Å². The topological polar surface area (TPSA) is 41.6 Å². The minimum Gasteiger partial charge on any atom is -0.469 e. The van der Waals surface area contributed by atoms with Gasteiger partial charge < -0.3 is 10.1 Å². The fourth-order valence-corrected chi connectivity index (χ4v) is 1.39. The Bertz CT molecular complexity index is 180. The van der Waals surface area contributed by atoms with Crippen molar-refractivity contribution in [3.8, 4) is 0 Å². The Hall–Kier alpha value is -0.610. The summed E-state index contributed by atoms with van der Waals surface area (Å²) in [4.78, 5) is 13.2. The summed E-state index contributed by atoms with van der Waals surface area (Å²) >= 11 is 0. The molecule has 0 aromatic heterocycles. The summed E-state index contributed by atoms with van der Waals surface area (Å²) in [7, 11) is 3.49. The van der Waals surface area contributed by atoms with Crippen LogP contribution in [0.3, 0.4) is 0 Å². The van der Waals surface area contributed by atoms with Gasteiger partial charge in [0.15, 0.2) is 0 Å². The largest absolute Gasteiger partial charge is 0.469 e. The molecular formula is C9H18N2O2. The van der Waals surface area contributed by atoms with Crippen LogP contribution in [0.2, 0.25) is 0 Å². The molecule has 0 saturated carbocycles. The number of esters is 1. The van der Waals surface area contributed by atoms with Crippen LogP contribution in [0, 0.1) is 0 Å². The molecule has 0 aliphatic carbocycles. The fraction of sp³-hybridized carbons (Fsp3) is 0.889. The molecule has 0 aromatic carbocycles. The Morgan fingerprint density at radius 2 is 2.31 bits per heavy atom. The normalized spacial score (nSPS) is 19.7. The number of hydrogen-bond donors (Lipinski definition) is 1. The number of carbonyl (C=O) groups excluding carboxylic acids is 1. The number of carbonyl (C=O) groups is 1. The van der Waals surface area contributed by atoms with Crippen molar-refractivity contribution >= 4 is 5.97 Å². The Morgan fingerprint density at radius 3 is 2.69 bits per heavy atom. The molecular weight excluding hydrogens is 168 g/mol. The van der Waals surface area contributed by atoms with Crippen molar-refractivity contribution in [2.45, 2.75) is 25.4 Å². The van der Waals surface area contributed by atoms with Gasteiger partial charge in [0.25, 0.3) is 0 Å². The zero-order valence-corrected chi connectivity index (χ0v) is 8.54. The van der Waals surface area contributed by atoms with Crippen LogP contribution in [0.5, 0.6) is 0 Å². The smallest absolute Gasteiger partial charge is 0.307 e. The Morgan fingerprint density at radius 1 is 1.69 bits per heavy atom. The van der Waals surface area contributed by atoms with E-state index in [-0.39, 0.29) is 12.0 Å². The Balaban J connectivity index is 2.28. The van der Waals surface area contributed by atoms with Crippen LogP contribution in [0.25, 0.3) is 0 Å². The molecule has 0 spiro atoms. The monoisotopic (exact) mass is 186 g/mol. The van der Waals surface area contributed by atoms with E-state index in [9.17, 15) is 4.79 Å². The molecule has 1 saturated heterocycles. The lowest BCUT2D eigenvalue weighted by Gasteiger charge is -2.38. The molecule has 0 aromatic rings. The number of likely N-dealkylation sites (N-methyl/N-ethyl adjacent to an activating group) is 1. The van der Waals surface area contributed by atoms with Crippen LogP contribution in [0.4, 0.5) is 0 Å². The SMILES string of the molecule is COC(=O)CC(C)N(C)C1CNC1. The predicted octanol–water partition coefficient (Wildman–Crippen LogP) is -0.158. The molecule has 4 nitrogen and oxygen atoms in total. The zero-order valence-electron chi connectivity index (χ0n) is 8.54. The molecule has 0 bridgehead atoms. The molecule has 1 rings (SSSR count). The molecule has 1 heterocycles. The van der Waals surface area contributed by atoms with E-state index in [0.717, 1.165) is 13.1 Å². The first-order valence-corrected chi connectivity index (χ1v) is 4.64. The van der Waals surface area contributed by atoms with Crippen molar-refractivity contribution in [2.75, 3.05) is 27.2 Å². The standard InChI is InChI=1S/C9H18N2O2/c1-7(4-9(12)13-3)11(2)8-5-10-6-8/h7-8,10H,4-6H2,1-3H3. The van der Waals surface area contributed by atoms with Gasteiger partial charge >= 0.3 is 5.97 Å². The van der Waals surface area contributed by atoms with E-state index in [1.807, 2.05) is 0 Å². The molecule has 1 aliphatic heterocycles. The second-order valence-corrected chi connectivity index (χ2v) is 3.61. The lowest BCUT2D eigenvalue weighted by atomic mass is 10.1. The third-order valence-electron chi connectivity index (χ3n) is 2.72. The molecule has 1 unspecified atom stereocenters.